The Morgan fingerprint density at radius 3 is 2.38 bits per heavy atom. The standard InChI is InChI=1S/C12H7Cl2FO/c13-7-1-4-11(14)10(5-7)9-3-2-8(16)6-12(9)15/h1-6,16H. The van der Waals surface area contributed by atoms with Crippen LogP contribution in [0.15, 0.2) is 36.4 Å². The number of aromatic hydroxyl groups is 1. The van der Waals surface area contributed by atoms with Crippen molar-refractivity contribution in [3.05, 3.63) is 52.3 Å². The first-order valence-corrected chi connectivity index (χ1v) is 5.27. The van der Waals surface area contributed by atoms with Crippen LogP contribution in [-0.2, 0) is 0 Å². The van der Waals surface area contributed by atoms with Crippen LogP contribution in [0.1, 0.15) is 0 Å². The van der Waals surface area contributed by atoms with Crippen molar-refractivity contribution in [3.63, 3.8) is 0 Å². The SMILES string of the molecule is Oc1ccc(-c2cc(Cl)ccc2Cl)c(F)c1. The Morgan fingerprint density at radius 2 is 1.69 bits per heavy atom. The number of hydrogen-bond acceptors (Lipinski definition) is 1. The largest absolute Gasteiger partial charge is 0.508 e. The van der Waals surface area contributed by atoms with E-state index in [4.69, 9.17) is 28.3 Å². The minimum Gasteiger partial charge on any atom is -0.508 e. The molecule has 0 aliphatic rings. The maximum atomic E-state index is 13.6. The van der Waals surface area contributed by atoms with E-state index in [9.17, 15) is 4.39 Å². The second-order valence-electron chi connectivity index (χ2n) is 3.29. The minimum atomic E-state index is -0.538. The molecule has 0 heterocycles. The van der Waals surface area contributed by atoms with Crippen LogP contribution in [-0.4, -0.2) is 5.11 Å². The van der Waals surface area contributed by atoms with Gasteiger partial charge in [0.2, 0.25) is 0 Å². The molecule has 0 aromatic heterocycles. The van der Waals surface area contributed by atoms with Crippen LogP contribution in [0.5, 0.6) is 5.75 Å². The maximum Gasteiger partial charge on any atom is 0.134 e. The van der Waals surface area contributed by atoms with Gasteiger partial charge >= 0.3 is 0 Å². The molecule has 0 aliphatic heterocycles. The fourth-order valence-electron chi connectivity index (χ4n) is 1.43. The van der Waals surface area contributed by atoms with Gasteiger partial charge in [-0.1, -0.05) is 23.2 Å². The van der Waals surface area contributed by atoms with E-state index in [0.29, 0.717) is 21.2 Å². The van der Waals surface area contributed by atoms with E-state index in [1.165, 1.54) is 12.1 Å². The Hall–Kier alpha value is -1.25. The quantitative estimate of drug-likeness (QED) is 0.797. The highest BCUT2D eigenvalue weighted by Crippen LogP contribution is 2.33. The molecule has 0 amide bonds. The van der Waals surface area contributed by atoms with Gasteiger partial charge in [-0.05, 0) is 30.3 Å². The third-order valence-corrected chi connectivity index (χ3v) is 2.74. The highest BCUT2D eigenvalue weighted by Gasteiger charge is 2.10. The van der Waals surface area contributed by atoms with Crippen LogP contribution in [0.25, 0.3) is 11.1 Å². The summed E-state index contributed by atoms with van der Waals surface area (Å²) in [5.74, 6) is -0.663. The number of benzene rings is 2. The molecule has 2 aromatic rings. The van der Waals surface area contributed by atoms with Gasteiger partial charge in [0, 0.05) is 27.2 Å². The molecule has 0 aliphatic carbocycles. The molecule has 2 rings (SSSR count). The number of hydrogen-bond donors (Lipinski definition) is 1. The van der Waals surface area contributed by atoms with Gasteiger partial charge in [-0.2, -0.15) is 0 Å². The van der Waals surface area contributed by atoms with Gasteiger partial charge in [-0.25, -0.2) is 4.39 Å². The molecule has 0 spiro atoms. The molecule has 0 radical (unpaired) electrons. The van der Waals surface area contributed by atoms with Crippen molar-refractivity contribution < 1.29 is 9.50 Å². The molecule has 0 unspecified atom stereocenters. The molecule has 1 nitrogen and oxygen atoms in total. The fraction of sp³-hybridized carbons (Fsp3) is 0. The summed E-state index contributed by atoms with van der Waals surface area (Å²) in [6.07, 6.45) is 0. The predicted octanol–water partition coefficient (Wildman–Crippen LogP) is 4.51. The average Bonchev–Trinajstić information content (AvgIpc) is 2.22. The van der Waals surface area contributed by atoms with E-state index in [-0.39, 0.29) is 5.75 Å². The highest BCUT2D eigenvalue weighted by atomic mass is 35.5. The second-order valence-corrected chi connectivity index (χ2v) is 4.13. The molecular formula is C12H7Cl2FO. The van der Waals surface area contributed by atoms with Crippen LogP contribution in [0, 0.1) is 5.82 Å². The zero-order valence-corrected chi connectivity index (χ0v) is 9.56. The molecule has 0 bridgehead atoms. The Kier molecular flexibility index (Phi) is 3.03. The van der Waals surface area contributed by atoms with E-state index in [0.717, 1.165) is 6.07 Å². The maximum absolute atomic E-state index is 13.6. The molecule has 4 heteroatoms. The lowest BCUT2D eigenvalue weighted by Gasteiger charge is -2.06. The van der Waals surface area contributed by atoms with Crippen molar-refractivity contribution in [2.45, 2.75) is 0 Å². The summed E-state index contributed by atoms with van der Waals surface area (Å²) in [6, 6.07) is 8.71. The molecule has 16 heavy (non-hydrogen) atoms. The van der Waals surface area contributed by atoms with Crippen molar-refractivity contribution in [2.75, 3.05) is 0 Å². The molecule has 1 N–H and O–H groups in total. The van der Waals surface area contributed by atoms with Gasteiger partial charge in [0.15, 0.2) is 0 Å². The lowest BCUT2D eigenvalue weighted by molar-refractivity contribution is 0.469. The van der Waals surface area contributed by atoms with E-state index < -0.39 is 5.82 Å². The van der Waals surface area contributed by atoms with Crippen molar-refractivity contribution in [3.8, 4) is 16.9 Å². The van der Waals surface area contributed by atoms with Crippen molar-refractivity contribution in [2.24, 2.45) is 0 Å². The Labute approximate surface area is 102 Å². The number of rotatable bonds is 1. The molecule has 2 aromatic carbocycles. The molecule has 82 valence electrons. The first-order chi connectivity index (χ1) is 7.58. The van der Waals surface area contributed by atoms with Crippen molar-refractivity contribution >= 4 is 23.2 Å². The number of phenols is 1. The van der Waals surface area contributed by atoms with Gasteiger partial charge in [-0.3, -0.25) is 0 Å². The molecule has 0 saturated heterocycles. The molecule has 0 saturated carbocycles. The third kappa shape index (κ3) is 2.13. The normalized spacial score (nSPS) is 10.4. The van der Waals surface area contributed by atoms with Gasteiger partial charge < -0.3 is 5.11 Å². The van der Waals surface area contributed by atoms with E-state index >= 15 is 0 Å². The zero-order valence-electron chi connectivity index (χ0n) is 8.05. The monoisotopic (exact) mass is 256 g/mol. The molecule has 0 fully saturated rings. The molecular weight excluding hydrogens is 250 g/mol. The average molecular weight is 257 g/mol. The fourth-order valence-corrected chi connectivity index (χ4v) is 1.82. The number of halogens is 3. The Bertz CT molecular complexity index is 541. The summed E-state index contributed by atoms with van der Waals surface area (Å²) in [7, 11) is 0. The summed E-state index contributed by atoms with van der Waals surface area (Å²) in [5, 5.41) is 10.00. The van der Waals surface area contributed by atoms with Gasteiger partial charge in [0.25, 0.3) is 0 Å². The van der Waals surface area contributed by atoms with Crippen molar-refractivity contribution in [1.82, 2.24) is 0 Å². The second kappa shape index (κ2) is 4.32. The van der Waals surface area contributed by atoms with Crippen molar-refractivity contribution in [1.29, 1.82) is 0 Å². The summed E-state index contributed by atoms with van der Waals surface area (Å²) < 4.78 is 13.6. The summed E-state index contributed by atoms with van der Waals surface area (Å²) in [6.45, 7) is 0. The van der Waals surface area contributed by atoms with E-state index in [1.807, 2.05) is 0 Å². The third-order valence-electron chi connectivity index (χ3n) is 2.17. The zero-order chi connectivity index (χ0) is 11.7. The lowest BCUT2D eigenvalue weighted by Crippen LogP contribution is -1.85. The van der Waals surface area contributed by atoms with Crippen LogP contribution in [0.3, 0.4) is 0 Å². The van der Waals surface area contributed by atoms with Crippen LogP contribution in [0.2, 0.25) is 10.0 Å². The Balaban J connectivity index is 2.62. The Morgan fingerprint density at radius 1 is 0.938 bits per heavy atom. The van der Waals surface area contributed by atoms with Gasteiger partial charge in [0.05, 0.1) is 0 Å². The summed E-state index contributed by atoms with van der Waals surface area (Å²) in [4.78, 5) is 0. The van der Waals surface area contributed by atoms with Gasteiger partial charge in [0.1, 0.15) is 11.6 Å². The first kappa shape index (κ1) is 11.2. The van der Waals surface area contributed by atoms with Crippen LogP contribution in [0.4, 0.5) is 4.39 Å². The van der Waals surface area contributed by atoms with Crippen LogP contribution >= 0.6 is 23.2 Å². The summed E-state index contributed by atoms with van der Waals surface area (Å²) in [5.41, 5.74) is 0.817. The smallest absolute Gasteiger partial charge is 0.134 e. The number of phenolic OH excluding ortho intramolecular Hbond substituents is 1. The topological polar surface area (TPSA) is 20.2 Å². The van der Waals surface area contributed by atoms with Crippen LogP contribution < -0.4 is 0 Å². The highest BCUT2D eigenvalue weighted by molar-refractivity contribution is 6.35. The summed E-state index contributed by atoms with van der Waals surface area (Å²) >= 11 is 11.8. The molecule has 0 atom stereocenters. The lowest BCUT2D eigenvalue weighted by atomic mass is 10.0. The predicted molar refractivity (Wildman–Crippen MR) is 63.5 cm³/mol. The minimum absolute atomic E-state index is 0.126. The van der Waals surface area contributed by atoms with E-state index in [1.54, 1.807) is 18.2 Å². The first-order valence-electron chi connectivity index (χ1n) is 4.52. The van der Waals surface area contributed by atoms with Gasteiger partial charge in [-0.15, -0.1) is 0 Å². The van der Waals surface area contributed by atoms with E-state index in [2.05, 4.69) is 0 Å².